The number of ketones is 1. The van der Waals surface area contributed by atoms with E-state index in [4.69, 9.17) is 32.7 Å². The predicted molar refractivity (Wildman–Crippen MR) is 163 cm³/mol. The van der Waals surface area contributed by atoms with Gasteiger partial charge in [-0.25, -0.2) is 4.98 Å². The van der Waals surface area contributed by atoms with Crippen molar-refractivity contribution in [2.24, 2.45) is 0 Å². The van der Waals surface area contributed by atoms with Crippen molar-refractivity contribution in [1.29, 1.82) is 0 Å². The van der Waals surface area contributed by atoms with Crippen LogP contribution < -0.4 is 14.4 Å². The fraction of sp³-hybridized carbons (Fsp3) is 0.258. The van der Waals surface area contributed by atoms with Crippen molar-refractivity contribution in [1.82, 2.24) is 4.98 Å². The highest BCUT2D eigenvalue weighted by Crippen LogP contribution is 2.46. The first kappa shape index (κ1) is 28.9. The topological polar surface area (TPSA) is 89.0 Å². The second-order valence-electron chi connectivity index (χ2n) is 9.48. The number of Topliss-reactive ketones (excluding diaryl/α,β-unsaturated/α-hetero) is 1. The van der Waals surface area contributed by atoms with Crippen LogP contribution in [0.3, 0.4) is 0 Å². The molecule has 1 saturated heterocycles. The van der Waals surface area contributed by atoms with Crippen LogP contribution in [0.15, 0.2) is 66.2 Å². The van der Waals surface area contributed by atoms with Gasteiger partial charge in [0.2, 0.25) is 0 Å². The molecule has 212 valence electrons. The second-order valence-corrected chi connectivity index (χ2v) is 11.4. The number of carbonyl (C=O) groups excluding carboxylic acids is 2. The first-order valence-electron chi connectivity index (χ1n) is 13.3. The van der Waals surface area contributed by atoms with Crippen LogP contribution in [0.2, 0.25) is 10.0 Å². The van der Waals surface area contributed by atoms with Gasteiger partial charge in [0.05, 0.1) is 35.0 Å². The molecule has 0 spiro atoms. The molecule has 7 nitrogen and oxygen atoms in total. The van der Waals surface area contributed by atoms with Gasteiger partial charge >= 0.3 is 5.91 Å². The maximum atomic E-state index is 13.6. The lowest BCUT2D eigenvalue weighted by molar-refractivity contribution is -0.132. The Kier molecular flexibility index (Phi) is 8.82. The Labute approximate surface area is 251 Å². The first-order chi connectivity index (χ1) is 19.8. The SMILES string of the molecule is CCCCCOc1ccc(C2C(=C(O)c3ccc(Cl)cc3)C(=O)C(=O)N2c2nc3ccc(Cl)cc3s2)cc1OCC. The Balaban J connectivity index is 1.66. The van der Waals surface area contributed by atoms with E-state index in [0.29, 0.717) is 56.5 Å². The number of rotatable bonds is 10. The molecule has 10 heteroatoms. The van der Waals surface area contributed by atoms with E-state index >= 15 is 0 Å². The molecule has 4 aromatic rings. The summed E-state index contributed by atoms with van der Waals surface area (Å²) in [6.45, 7) is 4.92. The molecule has 1 atom stereocenters. The summed E-state index contributed by atoms with van der Waals surface area (Å²) in [5.74, 6) is -0.883. The third-order valence-electron chi connectivity index (χ3n) is 6.70. The van der Waals surface area contributed by atoms with Gasteiger partial charge in [-0.1, -0.05) is 60.4 Å². The number of ether oxygens (including phenoxy) is 2. The molecule has 5 rings (SSSR count). The van der Waals surface area contributed by atoms with Crippen LogP contribution in [0, 0.1) is 0 Å². The maximum Gasteiger partial charge on any atom is 0.301 e. The molecule has 3 aromatic carbocycles. The van der Waals surface area contributed by atoms with E-state index < -0.39 is 17.7 Å². The number of benzene rings is 3. The number of aromatic nitrogens is 1. The van der Waals surface area contributed by atoms with Crippen LogP contribution in [0.4, 0.5) is 5.13 Å². The average molecular weight is 612 g/mol. The van der Waals surface area contributed by atoms with E-state index in [1.54, 1.807) is 60.7 Å². The molecular weight excluding hydrogens is 583 g/mol. The van der Waals surface area contributed by atoms with Gasteiger partial charge in [0, 0.05) is 15.6 Å². The van der Waals surface area contributed by atoms with Gasteiger partial charge < -0.3 is 14.6 Å². The van der Waals surface area contributed by atoms with Gasteiger partial charge in [0.1, 0.15) is 5.76 Å². The molecule has 2 heterocycles. The second kappa shape index (κ2) is 12.5. The first-order valence-corrected chi connectivity index (χ1v) is 14.9. The van der Waals surface area contributed by atoms with Crippen molar-refractivity contribution in [3.63, 3.8) is 0 Å². The molecular formula is C31H28Cl2N2O5S. The van der Waals surface area contributed by atoms with Crippen molar-refractivity contribution in [2.45, 2.75) is 39.2 Å². The third-order valence-corrected chi connectivity index (χ3v) is 8.20. The fourth-order valence-corrected chi connectivity index (χ4v) is 6.11. The number of aliphatic hydroxyl groups excluding tert-OH is 1. The highest BCUT2D eigenvalue weighted by molar-refractivity contribution is 7.22. The number of hydrogen-bond acceptors (Lipinski definition) is 7. The van der Waals surface area contributed by atoms with Gasteiger partial charge in [-0.05, 0) is 73.5 Å². The van der Waals surface area contributed by atoms with E-state index in [2.05, 4.69) is 11.9 Å². The Morgan fingerprint density at radius 2 is 1.71 bits per heavy atom. The lowest BCUT2D eigenvalue weighted by atomic mass is 9.95. The number of halogens is 2. The zero-order valence-corrected chi connectivity index (χ0v) is 24.9. The molecule has 0 saturated carbocycles. The Morgan fingerprint density at radius 3 is 2.44 bits per heavy atom. The van der Waals surface area contributed by atoms with Gasteiger partial charge in [-0.15, -0.1) is 0 Å². The van der Waals surface area contributed by atoms with Crippen LogP contribution >= 0.6 is 34.5 Å². The maximum absolute atomic E-state index is 13.6. The fourth-order valence-electron chi connectivity index (χ4n) is 4.71. The summed E-state index contributed by atoms with van der Waals surface area (Å²) in [6, 6.07) is 16.0. The number of anilines is 1. The average Bonchev–Trinajstić information content (AvgIpc) is 3.49. The molecule has 1 fully saturated rings. The van der Waals surface area contributed by atoms with Gasteiger partial charge in [-0.2, -0.15) is 0 Å². The number of thiazole rings is 1. The molecule has 41 heavy (non-hydrogen) atoms. The van der Waals surface area contributed by atoms with Crippen molar-refractivity contribution >= 4 is 67.3 Å². The number of amides is 1. The van der Waals surface area contributed by atoms with Gasteiger partial charge in [0.25, 0.3) is 5.78 Å². The van der Waals surface area contributed by atoms with E-state index in [-0.39, 0.29) is 11.3 Å². The number of nitrogens with zero attached hydrogens (tertiary/aromatic N) is 2. The van der Waals surface area contributed by atoms with Crippen molar-refractivity contribution in [2.75, 3.05) is 18.1 Å². The van der Waals surface area contributed by atoms with E-state index in [1.165, 1.54) is 16.2 Å². The number of hydrogen-bond donors (Lipinski definition) is 1. The van der Waals surface area contributed by atoms with Gasteiger partial charge in [0.15, 0.2) is 16.6 Å². The lowest BCUT2D eigenvalue weighted by Crippen LogP contribution is -2.29. The lowest BCUT2D eigenvalue weighted by Gasteiger charge is -2.24. The smallest absolute Gasteiger partial charge is 0.301 e. The number of fused-ring (bicyclic) bond motifs is 1. The van der Waals surface area contributed by atoms with E-state index in [0.717, 1.165) is 24.0 Å². The number of carbonyl (C=O) groups is 2. The third kappa shape index (κ3) is 5.91. The molecule has 1 aliphatic heterocycles. The number of aliphatic hydroxyl groups is 1. The van der Waals surface area contributed by atoms with Crippen molar-refractivity contribution < 1.29 is 24.2 Å². The Bertz CT molecular complexity index is 1630. The molecule has 1 amide bonds. The minimum absolute atomic E-state index is 0.0614. The largest absolute Gasteiger partial charge is 0.507 e. The molecule has 0 aliphatic carbocycles. The Hall–Kier alpha value is -3.59. The predicted octanol–water partition coefficient (Wildman–Crippen LogP) is 8.20. The van der Waals surface area contributed by atoms with Crippen LogP contribution in [-0.4, -0.2) is 35.0 Å². The van der Waals surface area contributed by atoms with Crippen LogP contribution in [0.1, 0.15) is 50.3 Å². The molecule has 1 N–H and O–H groups in total. The monoisotopic (exact) mass is 610 g/mol. The summed E-state index contributed by atoms with van der Waals surface area (Å²) in [6.07, 6.45) is 3.03. The summed E-state index contributed by atoms with van der Waals surface area (Å²) in [5.41, 5.74) is 1.49. The number of unbranched alkanes of at least 4 members (excludes halogenated alkanes) is 2. The summed E-state index contributed by atoms with van der Waals surface area (Å²) >= 11 is 13.5. The van der Waals surface area contributed by atoms with E-state index in [9.17, 15) is 14.7 Å². The van der Waals surface area contributed by atoms with Crippen molar-refractivity contribution in [3.05, 3.63) is 87.4 Å². The Morgan fingerprint density at radius 1 is 0.951 bits per heavy atom. The standard InChI is InChI=1S/C31H28Cl2N2O5S/c1-3-5-6-15-40-23-14-9-19(16-24(23)39-4-2)27-26(28(36)18-7-10-20(32)11-8-18)29(37)30(38)35(27)31-34-22-13-12-21(33)17-25(22)41-31/h7-14,16-17,27,36H,3-6,15H2,1-2H3. The summed E-state index contributed by atoms with van der Waals surface area (Å²) < 4.78 is 12.7. The quantitative estimate of drug-likeness (QED) is 0.0842. The van der Waals surface area contributed by atoms with Crippen LogP contribution in [0.5, 0.6) is 11.5 Å². The highest BCUT2D eigenvalue weighted by atomic mass is 35.5. The molecule has 1 unspecified atom stereocenters. The van der Waals surface area contributed by atoms with Crippen LogP contribution in [-0.2, 0) is 9.59 Å². The van der Waals surface area contributed by atoms with Crippen molar-refractivity contribution in [3.8, 4) is 11.5 Å². The molecule has 0 radical (unpaired) electrons. The molecule has 1 aromatic heterocycles. The zero-order chi connectivity index (χ0) is 29.1. The van der Waals surface area contributed by atoms with Crippen LogP contribution in [0.25, 0.3) is 16.0 Å². The zero-order valence-electron chi connectivity index (χ0n) is 22.5. The van der Waals surface area contributed by atoms with Gasteiger partial charge in [-0.3, -0.25) is 14.5 Å². The summed E-state index contributed by atoms with van der Waals surface area (Å²) in [7, 11) is 0. The normalized spacial score (nSPS) is 16.5. The summed E-state index contributed by atoms with van der Waals surface area (Å²) in [4.78, 5) is 33.2. The van der Waals surface area contributed by atoms with E-state index in [1.807, 2.05) is 6.92 Å². The minimum Gasteiger partial charge on any atom is -0.507 e. The highest BCUT2D eigenvalue weighted by Gasteiger charge is 2.48. The summed E-state index contributed by atoms with van der Waals surface area (Å²) in [5, 5.41) is 12.7. The molecule has 0 bridgehead atoms. The minimum atomic E-state index is -0.977. The molecule has 1 aliphatic rings.